The lowest BCUT2D eigenvalue weighted by molar-refractivity contribution is -0.131. The highest BCUT2D eigenvalue weighted by molar-refractivity contribution is 8.00. The van der Waals surface area contributed by atoms with Crippen LogP contribution in [0, 0.1) is 0 Å². The first-order valence-electron chi connectivity index (χ1n) is 19.3. The number of anilines is 1. The topological polar surface area (TPSA) is 228 Å². The van der Waals surface area contributed by atoms with E-state index in [-0.39, 0.29) is 110 Å². The van der Waals surface area contributed by atoms with Crippen molar-refractivity contribution < 1.29 is 44.3 Å². The minimum Gasteiger partial charge on any atom is -0.378 e. The fourth-order valence-corrected chi connectivity index (χ4v) is 11.2. The van der Waals surface area contributed by atoms with Crippen LogP contribution >= 0.6 is 11.8 Å². The number of carbonyl (C=O) groups excluding carboxylic acids is 2. The first-order chi connectivity index (χ1) is 28.1. The van der Waals surface area contributed by atoms with Crippen LogP contribution in [0.4, 0.5) is 10.5 Å². The molecule has 0 aliphatic carbocycles. The van der Waals surface area contributed by atoms with Crippen molar-refractivity contribution in [2.24, 2.45) is 0 Å². The predicted octanol–water partition coefficient (Wildman–Crippen LogP) is 1.54. The summed E-state index contributed by atoms with van der Waals surface area (Å²) in [4.78, 5) is 28.9. The molecule has 1 aromatic heterocycles. The number of aromatic nitrogens is 3. The Bertz CT molecular complexity index is 2250. The van der Waals surface area contributed by atoms with E-state index < -0.39 is 29.7 Å². The monoisotopic (exact) mass is 898 g/mol. The average molecular weight is 899 g/mol. The van der Waals surface area contributed by atoms with Gasteiger partial charge in [-0.2, -0.15) is 11.8 Å². The Hall–Kier alpha value is -3.80. The fourth-order valence-electron chi connectivity index (χ4n) is 6.81. The molecule has 2 saturated heterocycles. The van der Waals surface area contributed by atoms with Gasteiger partial charge in [0.1, 0.15) is 5.69 Å². The van der Waals surface area contributed by atoms with Crippen LogP contribution in [0.1, 0.15) is 31.4 Å². The molecule has 2 aliphatic rings. The van der Waals surface area contributed by atoms with Crippen LogP contribution in [0.5, 0.6) is 0 Å². The van der Waals surface area contributed by atoms with E-state index in [0.717, 1.165) is 35.1 Å². The first kappa shape index (κ1) is 46.3. The standard InChI is InChI=1S/C37H54N8O10S4/c1-4-57(48,49)23-20-54-18-19-55-21-24-58(50,51)22-17-44(35(46)14-6-5-12-33-36-31(27-56-33)39-37(47)40-36)25-28-26-45(42-41-28)16-15-38-59(52,53)34-13-8-9-29-30(34)10-7-11-32(29)43(2)3/h4,7-11,13,26,31,33,36,38H,1,5-6,12,14-25,27H2,2-3H3,(H2,39,40,47)/t31-,33-,36-/m0/s1. The summed E-state index contributed by atoms with van der Waals surface area (Å²) >= 11 is 1.80. The SMILES string of the molecule is C=CS(=O)(=O)CCOCCOCCS(=O)(=O)CCN(Cc1cn(CCNS(=O)(=O)c2cccc3c(N(C)C)cccc23)nn1)C(=O)CCCC[C@@H]1SC[C@@H]2NC(=O)N[C@@H]21. The molecule has 5 rings (SSSR count). The fraction of sp³-hybridized carbons (Fsp3) is 0.568. The number of ether oxygens (including phenoxy) is 2. The molecule has 2 fully saturated rings. The van der Waals surface area contributed by atoms with E-state index in [9.17, 15) is 34.8 Å². The van der Waals surface area contributed by atoms with Crippen LogP contribution in [0.25, 0.3) is 10.8 Å². The Kier molecular flexibility index (Phi) is 16.6. The van der Waals surface area contributed by atoms with E-state index in [1.807, 2.05) is 37.2 Å². The third-order valence-corrected chi connectivity index (χ3v) is 15.8. The molecule has 22 heteroatoms. The second-order valence-electron chi connectivity index (χ2n) is 14.5. The lowest BCUT2D eigenvalue weighted by Crippen LogP contribution is -2.37. The summed E-state index contributed by atoms with van der Waals surface area (Å²) in [5, 5.41) is 16.7. The number of rotatable bonds is 26. The average Bonchev–Trinajstić information content (AvgIpc) is 3.91. The van der Waals surface area contributed by atoms with Crippen LogP contribution in [-0.2, 0) is 57.1 Å². The number of urea groups is 1. The number of hydrogen-bond acceptors (Lipinski definition) is 14. The van der Waals surface area contributed by atoms with Crippen molar-refractivity contribution in [2.45, 2.75) is 61.0 Å². The number of amides is 3. The van der Waals surface area contributed by atoms with Crippen molar-refractivity contribution in [3.63, 3.8) is 0 Å². The summed E-state index contributed by atoms with van der Waals surface area (Å²) in [6, 6.07) is 10.7. The van der Waals surface area contributed by atoms with Gasteiger partial charge in [-0.25, -0.2) is 34.8 Å². The number of sulfonamides is 1. The molecule has 3 N–H and O–H groups in total. The molecule has 0 unspecified atom stereocenters. The Morgan fingerprint density at radius 2 is 1.71 bits per heavy atom. The summed E-state index contributed by atoms with van der Waals surface area (Å²) in [6.45, 7) is 3.36. The molecule has 2 aromatic carbocycles. The lowest BCUT2D eigenvalue weighted by atomic mass is 10.0. The van der Waals surface area contributed by atoms with Gasteiger partial charge in [0, 0.05) is 66.5 Å². The summed E-state index contributed by atoms with van der Waals surface area (Å²) in [5.41, 5.74) is 1.30. The van der Waals surface area contributed by atoms with Crippen LogP contribution in [-0.4, -0.2) is 151 Å². The smallest absolute Gasteiger partial charge is 0.315 e. The van der Waals surface area contributed by atoms with Crippen LogP contribution in [0.15, 0.2) is 59.5 Å². The molecule has 3 aromatic rings. The zero-order valence-electron chi connectivity index (χ0n) is 33.3. The maximum atomic E-state index is 13.6. The molecular formula is C37H54N8O10S4. The van der Waals surface area contributed by atoms with E-state index in [4.69, 9.17) is 9.47 Å². The second-order valence-corrected chi connectivity index (χ2v) is 21.9. The minimum absolute atomic E-state index is 0.000359. The molecule has 18 nitrogen and oxygen atoms in total. The van der Waals surface area contributed by atoms with E-state index in [2.05, 4.69) is 32.2 Å². The first-order valence-corrected chi connectivity index (χ1v) is 25.4. The van der Waals surface area contributed by atoms with Gasteiger partial charge < -0.3 is 29.9 Å². The lowest BCUT2D eigenvalue weighted by Gasteiger charge is -2.22. The molecule has 3 amide bonds. The third-order valence-electron chi connectivity index (χ3n) is 9.97. The van der Waals surface area contributed by atoms with Crippen LogP contribution in [0.3, 0.4) is 0 Å². The number of carbonyl (C=O) groups is 2. The molecular weight excluding hydrogens is 845 g/mol. The van der Waals surface area contributed by atoms with Gasteiger partial charge in [-0.15, -0.1) is 5.10 Å². The number of nitrogens with zero attached hydrogens (tertiary/aromatic N) is 5. The van der Waals surface area contributed by atoms with E-state index in [0.29, 0.717) is 17.5 Å². The quantitative estimate of drug-likeness (QED) is 0.0768. The highest BCUT2D eigenvalue weighted by Crippen LogP contribution is 2.33. The number of hydrogen-bond donors (Lipinski definition) is 3. The van der Waals surface area contributed by atoms with Gasteiger partial charge in [0.15, 0.2) is 19.7 Å². The second kappa shape index (κ2) is 21.1. The minimum atomic E-state index is -3.89. The number of fused-ring (bicyclic) bond motifs is 2. The Balaban J connectivity index is 1.13. The van der Waals surface area contributed by atoms with E-state index >= 15 is 0 Å². The summed E-state index contributed by atoms with van der Waals surface area (Å²) in [7, 11) is -7.11. The van der Waals surface area contributed by atoms with Gasteiger partial charge in [0.25, 0.3) is 0 Å². The molecule has 3 heterocycles. The highest BCUT2D eigenvalue weighted by Gasteiger charge is 2.42. The molecule has 0 bridgehead atoms. The van der Waals surface area contributed by atoms with Gasteiger partial charge in [-0.3, -0.25) is 9.48 Å². The van der Waals surface area contributed by atoms with Crippen LogP contribution < -0.4 is 20.3 Å². The number of thioether (sulfide) groups is 1. The maximum Gasteiger partial charge on any atom is 0.315 e. The number of sulfone groups is 2. The van der Waals surface area contributed by atoms with Crippen molar-refractivity contribution in [3.05, 3.63) is 60.3 Å². The molecule has 3 atom stereocenters. The summed E-state index contributed by atoms with van der Waals surface area (Å²) in [6.07, 6.45) is 3.94. The summed E-state index contributed by atoms with van der Waals surface area (Å²) in [5.74, 6) is -0.207. The highest BCUT2D eigenvalue weighted by atomic mass is 32.2. The van der Waals surface area contributed by atoms with Crippen molar-refractivity contribution in [3.8, 4) is 0 Å². The van der Waals surface area contributed by atoms with E-state index in [1.165, 1.54) is 9.58 Å². The zero-order valence-corrected chi connectivity index (χ0v) is 36.6. The molecule has 0 radical (unpaired) electrons. The van der Waals surface area contributed by atoms with Crippen molar-refractivity contribution in [2.75, 3.05) is 81.5 Å². The summed E-state index contributed by atoms with van der Waals surface area (Å²) < 4.78 is 90.4. The predicted molar refractivity (Wildman–Crippen MR) is 227 cm³/mol. The van der Waals surface area contributed by atoms with Gasteiger partial charge in [-0.05, 0) is 25.0 Å². The van der Waals surface area contributed by atoms with Gasteiger partial charge in [0.05, 0.1) is 80.0 Å². The van der Waals surface area contributed by atoms with Crippen LogP contribution in [0.2, 0.25) is 0 Å². The van der Waals surface area contributed by atoms with Gasteiger partial charge in [-0.1, -0.05) is 42.5 Å². The number of benzene rings is 2. The molecule has 59 heavy (non-hydrogen) atoms. The number of unbranched alkanes of at least 4 members (excludes halogenated alkanes) is 1. The van der Waals surface area contributed by atoms with E-state index in [1.54, 1.807) is 36.2 Å². The maximum absolute atomic E-state index is 13.6. The number of nitrogens with one attached hydrogen (secondary N) is 3. The van der Waals surface area contributed by atoms with Gasteiger partial charge >= 0.3 is 6.03 Å². The molecule has 2 aliphatic heterocycles. The Morgan fingerprint density at radius 3 is 2.46 bits per heavy atom. The largest absolute Gasteiger partial charge is 0.378 e. The molecule has 0 spiro atoms. The third kappa shape index (κ3) is 13.6. The normalized spacial score (nSPS) is 18.1. The van der Waals surface area contributed by atoms with Crippen molar-refractivity contribution in [1.82, 2.24) is 35.2 Å². The van der Waals surface area contributed by atoms with Crippen molar-refractivity contribution in [1.29, 1.82) is 0 Å². The Labute approximate surface area is 350 Å². The Morgan fingerprint density at radius 1 is 0.983 bits per heavy atom. The van der Waals surface area contributed by atoms with Gasteiger partial charge in [0.2, 0.25) is 15.9 Å². The molecule has 326 valence electrons. The van der Waals surface area contributed by atoms with Crippen molar-refractivity contribution >= 4 is 69.9 Å². The zero-order chi connectivity index (χ0) is 42.6. The molecule has 0 saturated carbocycles.